The van der Waals surface area contributed by atoms with E-state index < -0.39 is 11.3 Å². The van der Waals surface area contributed by atoms with Gasteiger partial charge in [0, 0.05) is 30.0 Å². The first-order valence-electron chi connectivity index (χ1n) is 7.72. The topological polar surface area (TPSA) is 107 Å². The van der Waals surface area contributed by atoms with E-state index in [1.54, 1.807) is 11.5 Å². The molecule has 1 amide bonds. The molecule has 0 saturated carbocycles. The molecule has 0 aliphatic rings. The van der Waals surface area contributed by atoms with Crippen LogP contribution >= 0.6 is 34.8 Å². The van der Waals surface area contributed by atoms with Crippen LogP contribution in [-0.2, 0) is 4.79 Å². The number of pyridine rings is 2. The molecule has 0 unspecified atom stereocenters. The largest absolute Gasteiger partial charge is 0.508 e. The number of ether oxygens (including phenoxy) is 1. The molecule has 0 aliphatic heterocycles. The van der Waals surface area contributed by atoms with Crippen LogP contribution in [0.1, 0.15) is 5.69 Å². The van der Waals surface area contributed by atoms with Gasteiger partial charge in [-0.3, -0.25) is 9.59 Å². The third-order valence-corrected chi connectivity index (χ3v) is 4.62. The first-order valence-corrected chi connectivity index (χ1v) is 8.86. The number of aromatic hydroxyl groups is 1. The van der Waals surface area contributed by atoms with Crippen LogP contribution in [0.15, 0.2) is 41.5 Å². The van der Waals surface area contributed by atoms with E-state index in [0.717, 1.165) is 12.3 Å². The molecule has 3 N–H and O–H groups in total. The van der Waals surface area contributed by atoms with E-state index in [2.05, 4.69) is 4.98 Å². The van der Waals surface area contributed by atoms with Gasteiger partial charge in [0.05, 0.1) is 38.7 Å². The van der Waals surface area contributed by atoms with Gasteiger partial charge in [0.1, 0.15) is 11.1 Å². The molecule has 2 heterocycles. The minimum Gasteiger partial charge on any atom is -0.508 e. The molecule has 0 spiro atoms. The zero-order chi connectivity index (χ0) is 20.6. The molecule has 28 heavy (non-hydrogen) atoms. The number of phenols is 1. The standard InChI is InChI=1S/C18H12Cl3N3O4/c1-8-4-13(26)15-17(12(21)7-23-18(15)28-3-2-14(22)27)24(8)16-10(19)5-9(25)6-11(16)20/h2-7,25H,1H3,(H2,22,27)/b3-2+. The molecule has 3 aromatic rings. The fraction of sp³-hybridized carbons (Fsp3) is 0.0556. The summed E-state index contributed by atoms with van der Waals surface area (Å²) >= 11 is 18.9. The number of benzene rings is 1. The molecular formula is C18H12Cl3N3O4. The highest BCUT2D eigenvalue weighted by Crippen LogP contribution is 2.37. The van der Waals surface area contributed by atoms with Crippen LogP contribution in [0.5, 0.6) is 11.6 Å². The maximum Gasteiger partial charge on any atom is 0.244 e. The number of fused-ring (bicyclic) bond motifs is 1. The van der Waals surface area contributed by atoms with E-state index in [1.165, 1.54) is 24.4 Å². The van der Waals surface area contributed by atoms with Crippen LogP contribution in [0.3, 0.4) is 0 Å². The number of carbonyl (C=O) groups excluding carboxylic acids is 1. The highest BCUT2D eigenvalue weighted by molar-refractivity contribution is 6.38. The van der Waals surface area contributed by atoms with E-state index in [0.29, 0.717) is 11.4 Å². The molecular weight excluding hydrogens is 429 g/mol. The summed E-state index contributed by atoms with van der Waals surface area (Å²) in [7, 11) is 0. The quantitative estimate of drug-likeness (QED) is 0.475. The normalized spacial score (nSPS) is 11.3. The van der Waals surface area contributed by atoms with Crippen molar-refractivity contribution in [3.63, 3.8) is 0 Å². The summed E-state index contributed by atoms with van der Waals surface area (Å²) in [5.74, 6) is -0.925. The predicted octanol–water partition coefficient (Wildman–Crippen LogP) is 3.74. The van der Waals surface area contributed by atoms with Crippen molar-refractivity contribution in [3.8, 4) is 17.3 Å². The lowest BCUT2D eigenvalue weighted by atomic mass is 10.2. The van der Waals surface area contributed by atoms with Crippen molar-refractivity contribution >= 4 is 51.6 Å². The van der Waals surface area contributed by atoms with Crippen molar-refractivity contribution < 1.29 is 14.6 Å². The van der Waals surface area contributed by atoms with Gasteiger partial charge in [-0.25, -0.2) is 4.98 Å². The Morgan fingerprint density at radius 3 is 2.46 bits per heavy atom. The first-order chi connectivity index (χ1) is 13.2. The Bertz CT molecular complexity index is 1180. The van der Waals surface area contributed by atoms with Crippen molar-refractivity contribution in [2.24, 2.45) is 5.73 Å². The Labute approximate surface area is 173 Å². The number of carbonyl (C=O) groups is 1. The molecule has 0 atom stereocenters. The van der Waals surface area contributed by atoms with Crippen LogP contribution in [0.4, 0.5) is 0 Å². The zero-order valence-electron chi connectivity index (χ0n) is 14.2. The summed E-state index contributed by atoms with van der Waals surface area (Å²) in [5.41, 5.74) is 5.66. The third kappa shape index (κ3) is 3.64. The molecule has 0 radical (unpaired) electrons. The van der Waals surface area contributed by atoms with Gasteiger partial charge in [-0.15, -0.1) is 0 Å². The van der Waals surface area contributed by atoms with Gasteiger partial charge in [0.25, 0.3) is 0 Å². The Morgan fingerprint density at radius 1 is 1.21 bits per heavy atom. The molecule has 0 fully saturated rings. The summed E-state index contributed by atoms with van der Waals surface area (Å²) in [4.78, 5) is 27.5. The number of primary amides is 1. The Morgan fingerprint density at radius 2 is 1.86 bits per heavy atom. The minimum absolute atomic E-state index is 0.0485. The second kappa shape index (κ2) is 7.71. The minimum atomic E-state index is -0.728. The van der Waals surface area contributed by atoms with E-state index in [1.807, 2.05) is 0 Å². The lowest BCUT2D eigenvalue weighted by Crippen LogP contribution is -2.13. The van der Waals surface area contributed by atoms with Gasteiger partial charge in [-0.2, -0.15) is 0 Å². The smallest absolute Gasteiger partial charge is 0.244 e. The number of nitrogens with two attached hydrogens (primary N) is 1. The molecule has 144 valence electrons. The van der Waals surface area contributed by atoms with E-state index in [9.17, 15) is 14.7 Å². The molecule has 1 aromatic carbocycles. The van der Waals surface area contributed by atoms with Gasteiger partial charge in [0.2, 0.25) is 11.8 Å². The van der Waals surface area contributed by atoms with Gasteiger partial charge in [0.15, 0.2) is 5.43 Å². The van der Waals surface area contributed by atoms with Crippen LogP contribution < -0.4 is 15.9 Å². The lowest BCUT2D eigenvalue weighted by Gasteiger charge is -2.19. The van der Waals surface area contributed by atoms with Crippen molar-refractivity contribution in [3.05, 3.63) is 67.7 Å². The average Bonchev–Trinajstić information content (AvgIpc) is 2.58. The van der Waals surface area contributed by atoms with Crippen LogP contribution in [0, 0.1) is 6.92 Å². The van der Waals surface area contributed by atoms with Gasteiger partial charge < -0.3 is 20.1 Å². The summed E-state index contributed by atoms with van der Waals surface area (Å²) in [6.07, 6.45) is 3.28. The monoisotopic (exact) mass is 439 g/mol. The number of rotatable bonds is 4. The molecule has 10 heteroatoms. The molecule has 7 nitrogen and oxygen atoms in total. The highest BCUT2D eigenvalue weighted by atomic mass is 35.5. The summed E-state index contributed by atoms with van der Waals surface area (Å²) in [5, 5.41) is 10.2. The third-order valence-electron chi connectivity index (χ3n) is 3.77. The maximum atomic E-state index is 12.7. The van der Waals surface area contributed by atoms with Crippen molar-refractivity contribution in [2.45, 2.75) is 6.92 Å². The number of halogens is 3. The average molecular weight is 441 g/mol. The summed E-state index contributed by atoms with van der Waals surface area (Å²) in [6.45, 7) is 1.67. The molecule has 2 aromatic heterocycles. The molecule has 3 rings (SSSR count). The zero-order valence-corrected chi connectivity index (χ0v) is 16.5. The molecule has 0 bridgehead atoms. The number of aryl methyl sites for hydroxylation is 1. The van der Waals surface area contributed by atoms with Crippen molar-refractivity contribution in [1.82, 2.24) is 9.55 Å². The van der Waals surface area contributed by atoms with E-state index >= 15 is 0 Å². The number of hydrogen-bond donors (Lipinski definition) is 2. The fourth-order valence-corrected chi connectivity index (χ4v) is 3.59. The Hall–Kier alpha value is -2.74. The van der Waals surface area contributed by atoms with Gasteiger partial charge in [-0.1, -0.05) is 34.8 Å². The van der Waals surface area contributed by atoms with Crippen LogP contribution in [0.2, 0.25) is 15.1 Å². The fourth-order valence-electron chi connectivity index (χ4n) is 2.71. The van der Waals surface area contributed by atoms with Gasteiger partial charge in [-0.05, 0) is 6.92 Å². The second-order valence-corrected chi connectivity index (χ2v) is 6.92. The number of phenolic OH excluding ortho intramolecular Hbond substituents is 1. The predicted molar refractivity (Wildman–Crippen MR) is 108 cm³/mol. The summed E-state index contributed by atoms with van der Waals surface area (Å²) < 4.78 is 6.87. The van der Waals surface area contributed by atoms with Crippen molar-refractivity contribution in [1.29, 1.82) is 0 Å². The van der Waals surface area contributed by atoms with Crippen LogP contribution in [-0.4, -0.2) is 20.6 Å². The van der Waals surface area contributed by atoms with E-state index in [4.69, 9.17) is 45.3 Å². The Balaban J connectivity index is 2.40. The second-order valence-electron chi connectivity index (χ2n) is 5.70. The highest BCUT2D eigenvalue weighted by Gasteiger charge is 2.20. The lowest BCUT2D eigenvalue weighted by molar-refractivity contribution is -0.113. The number of nitrogens with zero attached hydrogens (tertiary/aromatic N) is 2. The van der Waals surface area contributed by atoms with E-state index in [-0.39, 0.29) is 37.6 Å². The summed E-state index contributed by atoms with van der Waals surface area (Å²) in [6, 6.07) is 3.97. The Kier molecular flexibility index (Phi) is 5.51. The number of amides is 1. The van der Waals surface area contributed by atoms with Gasteiger partial charge >= 0.3 is 0 Å². The number of aromatic nitrogens is 2. The maximum absolute atomic E-state index is 12.7. The number of hydrogen-bond acceptors (Lipinski definition) is 5. The SMILES string of the molecule is Cc1cc(=O)c2c(O/C=C/C(N)=O)ncc(Cl)c2n1-c1c(Cl)cc(O)cc1Cl. The molecule has 0 saturated heterocycles. The van der Waals surface area contributed by atoms with Crippen LogP contribution in [0.25, 0.3) is 16.6 Å². The molecule has 0 aliphatic carbocycles. The first kappa shape index (κ1) is 20.0. The van der Waals surface area contributed by atoms with Crippen molar-refractivity contribution in [2.75, 3.05) is 0 Å².